The quantitative estimate of drug-likeness (QED) is 0.851. The molecule has 1 unspecified atom stereocenters. The van der Waals surface area contributed by atoms with Crippen molar-refractivity contribution in [2.75, 3.05) is 11.9 Å². The van der Waals surface area contributed by atoms with Gasteiger partial charge in [-0.25, -0.2) is 4.98 Å². The van der Waals surface area contributed by atoms with Gasteiger partial charge in [-0.05, 0) is 43.2 Å². The van der Waals surface area contributed by atoms with E-state index in [2.05, 4.69) is 21.7 Å². The maximum atomic E-state index is 11.5. The lowest BCUT2D eigenvalue weighted by Gasteiger charge is -2.23. The summed E-state index contributed by atoms with van der Waals surface area (Å²) < 4.78 is 4.95. The molecule has 0 radical (unpaired) electrons. The van der Waals surface area contributed by atoms with E-state index in [1.807, 2.05) is 23.6 Å². The summed E-state index contributed by atoms with van der Waals surface area (Å²) in [6.45, 7) is 2.23. The van der Waals surface area contributed by atoms with Crippen molar-refractivity contribution in [2.45, 2.75) is 38.6 Å². The molecule has 1 aliphatic rings. The summed E-state index contributed by atoms with van der Waals surface area (Å²) in [6.07, 6.45) is 3.79. The minimum Gasteiger partial charge on any atom is -0.466 e. The highest BCUT2D eigenvalue weighted by Gasteiger charge is 2.22. The number of esters is 1. The Bertz CT molecular complexity index is 621. The fraction of sp³-hybridized carbons (Fsp3) is 0.467. The molecule has 2 aromatic heterocycles. The molecule has 112 valence electrons. The van der Waals surface area contributed by atoms with E-state index in [9.17, 15) is 4.79 Å². The first kappa shape index (κ1) is 14.5. The van der Waals surface area contributed by atoms with E-state index < -0.39 is 0 Å². The second kappa shape index (κ2) is 6.58. The van der Waals surface area contributed by atoms with Crippen molar-refractivity contribution in [3.63, 3.8) is 0 Å². The SMILES string of the molecule is CCOC(=O)Cc1csc(NC2CCCc3sccc32)n1. The molecule has 3 rings (SSSR count). The van der Waals surface area contributed by atoms with Crippen LogP contribution >= 0.6 is 22.7 Å². The lowest BCUT2D eigenvalue weighted by molar-refractivity contribution is -0.142. The summed E-state index contributed by atoms with van der Waals surface area (Å²) in [7, 11) is 0. The van der Waals surface area contributed by atoms with Crippen LogP contribution in [0.25, 0.3) is 0 Å². The van der Waals surface area contributed by atoms with Gasteiger partial charge in [0.05, 0.1) is 24.8 Å². The van der Waals surface area contributed by atoms with Crippen LogP contribution in [0.1, 0.15) is 41.9 Å². The summed E-state index contributed by atoms with van der Waals surface area (Å²) in [5, 5.41) is 8.49. The summed E-state index contributed by atoms with van der Waals surface area (Å²) in [6, 6.07) is 2.56. The van der Waals surface area contributed by atoms with Crippen LogP contribution in [0.2, 0.25) is 0 Å². The van der Waals surface area contributed by atoms with E-state index in [1.54, 1.807) is 11.3 Å². The number of hydrogen-bond acceptors (Lipinski definition) is 6. The maximum absolute atomic E-state index is 11.5. The molecule has 0 spiro atoms. The highest BCUT2D eigenvalue weighted by atomic mass is 32.1. The number of thiophene rings is 1. The van der Waals surface area contributed by atoms with E-state index in [0.717, 1.165) is 17.2 Å². The van der Waals surface area contributed by atoms with Crippen LogP contribution in [0.4, 0.5) is 5.13 Å². The third-order valence-electron chi connectivity index (χ3n) is 3.53. The Kier molecular flexibility index (Phi) is 4.55. The van der Waals surface area contributed by atoms with Crippen molar-refractivity contribution in [3.8, 4) is 0 Å². The average molecular weight is 322 g/mol. The number of rotatable bonds is 5. The number of carbonyl (C=O) groups excluding carboxylic acids is 1. The summed E-state index contributed by atoms with van der Waals surface area (Å²) >= 11 is 3.39. The molecular formula is C15H18N2O2S2. The fourth-order valence-electron chi connectivity index (χ4n) is 2.60. The third kappa shape index (κ3) is 3.44. The molecule has 4 nitrogen and oxygen atoms in total. The normalized spacial score (nSPS) is 17.3. The number of aryl methyl sites for hydroxylation is 1. The lowest BCUT2D eigenvalue weighted by Crippen LogP contribution is -2.15. The Balaban J connectivity index is 1.64. The molecule has 1 N–H and O–H groups in total. The smallest absolute Gasteiger partial charge is 0.311 e. The Morgan fingerprint density at radius 2 is 2.43 bits per heavy atom. The second-order valence-corrected chi connectivity index (χ2v) is 6.87. The van der Waals surface area contributed by atoms with Gasteiger partial charge in [-0.2, -0.15) is 0 Å². The zero-order valence-corrected chi connectivity index (χ0v) is 13.6. The molecule has 0 fully saturated rings. The number of ether oxygens (including phenoxy) is 1. The van der Waals surface area contributed by atoms with Gasteiger partial charge in [0.25, 0.3) is 0 Å². The Labute approximate surface area is 132 Å². The number of fused-ring (bicyclic) bond motifs is 1. The number of aromatic nitrogens is 1. The zero-order valence-electron chi connectivity index (χ0n) is 11.9. The van der Waals surface area contributed by atoms with Crippen LogP contribution in [0.5, 0.6) is 0 Å². The fourth-order valence-corrected chi connectivity index (χ4v) is 4.35. The molecule has 2 aromatic rings. The van der Waals surface area contributed by atoms with Gasteiger partial charge in [0.15, 0.2) is 5.13 Å². The number of nitrogens with one attached hydrogen (secondary N) is 1. The Morgan fingerprint density at radius 3 is 3.29 bits per heavy atom. The van der Waals surface area contributed by atoms with E-state index in [-0.39, 0.29) is 12.4 Å². The van der Waals surface area contributed by atoms with Gasteiger partial charge in [0, 0.05) is 10.3 Å². The molecule has 1 aliphatic carbocycles. The molecule has 0 bridgehead atoms. The Morgan fingerprint density at radius 1 is 1.52 bits per heavy atom. The van der Waals surface area contributed by atoms with Gasteiger partial charge >= 0.3 is 5.97 Å². The number of carbonyl (C=O) groups is 1. The van der Waals surface area contributed by atoms with E-state index in [4.69, 9.17) is 4.74 Å². The van der Waals surface area contributed by atoms with Gasteiger partial charge in [-0.3, -0.25) is 4.79 Å². The topological polar surface area (TPSA) is 51.2 Å². The first-order chi connectivity index (χ1) is 10.3. The minimum absolute atomic E-state index is 0.216. The molecule has 21 heavy (non-hydrogen) atoms. The standard InChI is InChI=1S/C15H18N2O2S2/c1-2-19-14(18)8-10-9-21-15(16-10)17-12-4-3-5-13-11(12)6-7-20-13/h6-7,9,12H,2-5,8H2,1H3,(H,16,17). The van der Waals surface area contributed by atoms with Gasteiger partial charge in [-0.1, -0.05) is 0 Å². The largest absolute Gasteiger partial charge is 0.466 e. The van der Waals surface area contributed by atoms with Crippen LogP contribution in [0.3, 0.4) is 0 Å². The summed E-state index contributed by atoms with van der Waals surface area (Å²) in [5.41, 5.74) is 2.19. The minimum atomic E-state index is -0.216. The van der Waals surface area contributed by atoms with Gasteiger partial charge in [0.2, 0.25) is 0 Å². The van der Waals surface area contributed by atoms with E-state index in [1.165, 1.54) is 23.3 Å². The summed E-state index contributed by atoms with van der Waals surface area (Å²) in [5.74, 6) is -0.216. The molecule has 1 atom stereocenters. The number of anilines is 1. The predicted octanol–water partition coefficient (Wildman–Crippen LogP) is 3.80. The zero-order chi connectivity index (χ0) is 14.7. The van der Waals surface area contributed by atoms with Crippen LogP contribution in [-0.2, 0) is 22.4 Å². The number of hydrogen-bond donors (Lipinski definition) is 1. The van der Waals surface area contributed by atoms with Gasteiger partial charge in [0.1, 0.15) is 0 Å². The Hall–Kier alpha value is -1.40. The molecule has 0 aliphatic heterocycles. The van der Waals surface area contributed by atoms with Crippen molar-refractivity contribution in [2.24, 2.45) is 0 Å². The molecule has 0 saturated carbocycles. The van der Waals surface area contributed by atoms with Gasteiger partial charge < -0.3 is 10.1 Å². The third-order valence-corrected chi connectivity index (χ3v) is 5.35. The average Bonchev–Trinajstić information content (AvgIpc) is 3.09. The number of nitrogens with zero attached hydrogens (tertiary/aromatic N) is 1. The number of thiazole rings is 1. The predicted molar refractivity (Wildman–Crippen MR) is 86.1 cm³/mol. The maximum Gasteiger partial charge on any atom is 0.311 e. The highest BCUT2D eigenvalue weighted by molar-refractivity contribution is 7.13. The monoisotopic (exact) mass is 322 g/mol. The molecule has 6 heteroatoms. The van der Waals surface area contributed by atoms with E-state index in [0.29, 0.717) is 12.6 Å². The van der Waals surface area contributed by atoms with Crippen molar-refractivity contribution >= 4 is 33.8 Å². The second-order valence-electron chi connectivity index (χ2n) is 5.01. The summed E-state index contributed by atoms with van der Waals surface area (Å²) in [4.78, 5) is 17.4. The van der Waals surface area contributed by atoms with Gasteiger partial charge in [-0.15, -0.1) is 22.7 Å². The van der Waals surface area contributed by atoms with Crippen LogP contribution in [0, 0.1) is 0 Å². The molecule has 0 saturated heterocycles. The van der Waals surface area contributed by atoms with Crippen LogP contribution in [0.15, 0.2) is 16.8 Å². The first-order valence-corrected chi connectivity index (χ1v) is 8.95. The van der Waals surface area contributed by atoms with Crippen LogP contribution in [-0.4, -0.2) is 17.6 Å². The van der Waals surface area contributed by atoms with Crippen molar-refractivity contribution in [3.05, 3.63) is 33.0 Å². The van der Waals surface area contributed by atoms with Crippen molar-refractivity contribution in [1.82, 2.24) is 4.98 Å². The molecular weight excluding hydrogens is 304 g/mol. The van der Waals surface area contributed by atoms with Crippen molar-refractivity contribution in [1.29, 1.82) is 0 Å². The van der Waals surface area contributed by atoms with Crippen LogP contribution < -0.4 is 5.32 Å². The lowest BCUT2D eigenvalue weighted by atomic mass is 9.94. The molecule has 0 aromatic carbocycles. The van der Waals surface area contributed by atoms with Crippen molar-refractivity contribution < 1.29 is 9.53 Å². The molecule has 2 heterocycles. The first-order valence-electron chi connectivity index (χ1n) is 7.19. The highest BCUT2D eigenvalue weighted by Crippen LogP contribution is 2.36. The molecule has 0 amide bonds. The van der Waals surface area contributed by atoms with E-state index >= 15 is 0 Å².